The van der Waals surface area contributed by atoms with Gasteiger partial charge in [0.05, 0.1) is 6.54 Å². The number of nitrogens with one attached hydrogen (secondary N) is 2. The first-order chi connectivity index (χ1) is 15.5. The van der Waals surface area contributed by atoms with Crippen LogP contribution in [0.15, 0.2) is 54.6 Å². The molecule has 164 valence electrons. The molecule has 3 aromatic carbocycles. The summed E-state index contributed by atoms with van der Waals surface area (Å²) in [5.41, 5.74) is 20.0. The van der Waals surface area contributed by atoms with Gasteiger partial charge in [0.2, 0.25) is 22.6 Å². The number of aryl methyl sites for hydroxylation is 2. The van der Waals surface area contributed by atoms with Gasteiger partial charge in [0.15, 0.2) is 0 Å². The van der Waals surface area contributed by atoms with Crippen LogP contribution in [0, 0.1) is 13.8 Å². The Morgan fingerprint density at radius 3 is 2.41 bits per heavy atom. The fourth-order valence-corrected chi connectivity index (χ4v) is 3.79. The quantitative estimate of drug-likeness (QED) is 0.156. The van der Waals surface area contributed by atoms with Crippen LogP contribution in [-0.4, -0.2) is 30.5 Å². The van der Waals surface area contributed by atoms with E-state index in [0.717, 1.165) is 56.7 Å². The number of hydrogen-bond acceptors (Lipinski definition) is 5. The summed E-state index contributed by atoms with van der Waals surface area (Å²) in [6.45, 7) is 5.33. The van der Waals surface area contributed by atoms with Crippen LogP contribution >= 0.6 is 0 Å². The maximum Gasteiger partial charge on any atom is 0.239 e. The normalized spacial score (nSPS) is 11.1. The molecule has 1 amide bonds. The number of carbonyl (C=O) groups is 1. The second-order valence-electron chi connectivity index (χ2n) is 7.98. The van der Waals surface area contributed by atoms with E-state index < -0.39 is 0 Å². The molecule has 0 saturated heterocycles. The number of rotatable bonds is 7. The SMILES string of the molecule is Cc1cc2nc3cc(C)c(NCC(=O)NCCCN)cc3[n+](-c3ccccc3)c2cc1N. The molecule has 0 bridgehead atoms. The van der Waals surface area contributed by atoms with Crippen LogP contribution in [0.4, 0.5) is 11.4 Å². The highest BCUT2D eigenvalue weighted by molar-refractivity contribution is 5.88. The highest BCUT2D eigenvalue weighted by Crippen LogP contribution is 2.26. The molecule has 0 fully saturated rings. The third-order valence-electron chi connectivity index (χ3n) is 5.56. The fraction of sp³-hybridized carbons (Fsp3) is 0.240. The van der Waals surface area contributed by atoms with Crippen molar-refractivity contribution in [2.75, 3.05) is 30.7 Å². The van der Waals surface area contributed by atoms with Gasteiger partial charge in [-0.3, -0.25) is 4.79 Å². The maximum atomic E-state index is 12.2. The van der Waals surface area contributed by atoms with Gasteiger partial charge in [-0.15, -0.1) is 4.57 Å². The van der Waals surface area contributed by atoms with Crippen LogP contribution in [0.25, 0.3) is 27.8 Å². The zero-order valence-electron chi connectivity index (χ0n) is 18.5. The third-order valence-corrected chi connectivity index (χ3v) is 5.56. The number of para-hydroxylation sites is 1. The molecule has 6 N–H and O–H groups in total. The summed E-state index contributed by atoms with van der Waals surface area (Å²) in [4.78, 5) is 17.1. The molecule has 0 spiro atoms. The molecule has 0 atom stereocenters. The van der Waals surface area contributed by atoms with Gasteiger partial charge in [-0.25, -0.2) is 4.98 Å². The van der Waals surface area contributed by atoms with Crippen molar-refractivity contribution in [2.24, 2.45) is 5.73 Å². The van der Waals surface area contributed by atoms with Crippen molar-refractivity contribution >= 4 is 39.3 Å². The molecule has 7 heteroatoms. The number of nitrogen functional groups attached to an aromatic ring is 1. The van der Waals surface area contributed by atoms with E-state index in [2.05, 4.69) is 33.4 Å². The zero-order chi connectivity index (χ0) is 22.7. The average molecular weight is 430 g/mol. The van der Waals surface area contributed by atoms with E-state index in [9.17, 15) is 4.79 Å². The minimum Gasteiger partial charge on any atom is -0.398 e. The van der Waals surface area contributed by atoms with Crippen LogP contribution in [0.1, 0.15) is 17.5 Å². The fourth-order valence-electron chi connectivity index (χ4n) is 3.79. The average Bonchev–Trinajstić information content (AvgIpc) is 2.78. The molecule has 1 heterocycles. The van der Waals surface area contributed by atoms with E-state index in [0.29, 0.717) is 13.1 Å². The van der Waals surface area contributed by atoms with E-state index in [4.69, 9.17) is 16.5 Å². The molecule has 7 nitrogen and oxygen atoms in total. The van der Waals surface area contributed by atoms with Gasteiger partial charge in [0.25, 0.3) is 0 Å². The molecule has 1 aromatic heterocycles. The standard InChI is InChI=1S/C25H28N6O/c1-16-11-21-23(13-19(16)27)31(18-7-4-3-5-8-18)24-14-20(17(2)12-22(24)30-21)29-15-25(32)28-10-6-9-26/h3-5,7-8,11-14H,6,9-10,15,26H2,1-2H3,(H3,27,28,29,32)/p+1. The lowest BCUT2D eigenvalue weighted by Crippen LogP contribution is -2.34. The lowest BCUT2D eigenvalue weighted by molar-refractivity contribution is -0.538. The Balaban J connectivity index is 1.83. The number of hydrogen-bond donors (Lipinski definition) is 4. The number of aromatic nitrogens is 2. The Kier molecular flexibility index (Phi) is 6.18. The number of carbonyl (C=O) groups excluding carboxylic acids is 1. The van der Waals surface area contributed by atoms with Gasteiger partial charge >= 0.3 is 0 Å². The molecule has 32 heavy (non-hydrogen) atoms. The van der Waals surface area contributed by atoms with Gasteiger partial charge in [0, 0.05) is 42.2 Å². The molecule has 0 unspecified atom stereocenters. The summed E-state index contributed by atoms with van der Waals surface area (Å²) >= 11 is 0. The highest BCUT2D eigenvalue weighted by Gasteiger charge is 2.21. The molecule has 4 aromatic rings. The lowest BCUT2D eigenvalue weighted by Gasteiger charge is -2.12. The summed E-state index contributed by atoms with van der Waals surface area (Å²) in [7, 11) is 0. The van der Waals surface area contributed by atoms with Gasteiger partial charge in [0.1, 0.15) is 11.0 Å². The topological polar surface area (TPSA) is 110 Å². The third kappa shape index (κ3) is 4.33. The van der Waals surface area contributed by atoms with Crippen LogP contribution in [0.3, 0.4) is 0 Å². The first-order valence-electron chi connectivity index (χ1n) is 10.8. The summed E-state index contributed by atoms with van der Waals surface area (Å²) < 4.78 is 2.17. The number of benzene rings is 3. The number of nitrogens with two attached hydrogens (primary N) is 2. The molecule has 0 radical (unpaired) electrons. The summed E-state index contributed by atoms with van der Waals surface area (Å²) in [5, 5.41) is 6.14. The first kappa shape index (κ1) is 21.5. The number of amides is 1. The monoisotopic (exact) mass is 429 g/mol. The predicted molar refractivity (Wildman–Crippen MR) is 130 cm³/mol. The second kappa shape index (κ2) is 9.20. The molecule has 0 aliphatic heterocycles. The summed E-state index contributed by atoms with van der Waals surface area (Å²) in [6, 6.07) is 18.2. The summed E-state index contributed by atoms with van der Waals surface area (Å²) in [6.07, 6.45) is 0.763. The van der Waals surface area contributed by atoms with Crippen molar-refractivity contribution in [3.63, 3.8) is 0 Å². The second-order valence-corrected chi connectivity index (χ2v) is 7.98. The minimum atomic E-state index is -0.0613. The van der Waals surface area contributed by atoms with Crippen molar-refractivity contribution in [3.05, 3.63) is 65.7 Å². The van der Waals surface area contributed by atoms with Crippen molar-refractivity contribution in [2.45, 2.75) is 20.3 Å². The van der Waals surface area contributed by atoms with Crippen molar-refractivity contribution in [1.29, 1.82) is 0 Å². The largest absolute Gasteiger partial charge is 0.398 e. The Morgan fingerprint density at radius 1 is 1.00 bits per heavy atom. The number of fused-ring (bicyclic) bond motifs is 2. The van der Waals surface area contributed by atoms with Gasteiger partial charge in [-0.1, -0.05) is 18.2 Å². The van der Waals surface area contributed by atoms with Crippen LogP contribution < -0.4 is 26.7 Å². The summed E-state index contributed by atoms with van der Waals surface area (Å²) in [5.74, 6) is -0.0613. The Hall–Kier alpha value is -3.71. The van der Waals surface area contributed by atoms with Crippen molar-refractivity contribution < 1.29 is 9.36 Å². The van der Waals surface area contributed by atoms with E-state index >= 15 is 0 Å². The maximum absolute atomic E-state index is 12.2. The van der Waals surface area contributed by atoms with Crippen molar-refractivity contribution in [1.82, 2.24) is 10.3 Å². The molecule has 4 rings (SSSR count). The molecular formula is C25H29N6O+. The number of nitrogens with zero attached hydrogens (tertiary/aromatic N) is 2. The smallest absolute Gasteiger partial charge is 0.239 e. The Labute approximate surface area is 187 Å². The predicted octanol–water partition coefficient (Wildman–Crippen LogP) is 2.74. The van der Waals surface area contributed by atoms with E-state index in [1.807, 2.05) is 50.2 Å². The lowest BCUT2D eigenvalue weighted by atomic mass is 10.1. The van der Waals surface area contributed by atoms with Crippen LogP contribution in [0.5, 0.6) is 0 Å². The molecule has 0 saturated carbocycles. The van der Waals surface area contributed by atoms with Gasteiger partial charge in [-0.2, -0.15) is 0 Å². The highest BCUT2D eigenvalue weighted by atomic mass is 16.1. The van der Waals surface area contributed by atoms with Crippen molar-refractivity contribution in [3.8, 4) is 5.69 Å². The molecular weight excluding hydrogens is 400 g/mol. The van der Waals surface area contributed by atoms with Crippen LogP contribution in [-0.2, 0) is 4.79 Å². The zero-order valence-corrected chi connectivity index (χ0v) is 18.5. The molecule has 0 aliphatic rings. The minimum absolute atomic E-state index is 0.0613. The van der Waals surface area contributed by atoms with E-state index in [1.54, 1.807) is 0 Å². The van der Waals surface area contributed by atoms with Gasteiger partial charge < -0.3 is 22.1 Å². The Bertz CT molecular complexity index is 1290. The first-order valence-corrected chi connectivity index (χ1v) is 10.8. The van der Waals surface area contributed by atoms with E-state index in [-0.39, 0.29) is 12.5 Å². The van der Waals surface area contributed by atoms with Gasteiger partial charge in [-0.05, 0) is 50.1 Å². The molecule has 0 aliphatic carbocycles. The number of anilines is 2. The van der Waals surface area contributed by atoms with Crippen LogP contribution in [0.2, 0.25) is 0 Å². The Morgan fingerprint density at radius 2 is 1.69 bits per heavy atom. The van der Waals surface area contributed by atoms with E-state index in [1.165, 1.54) is 0 Å².